The van der Waals surface area contributed by atoms with Gasteiger partial charge < -0.3 is 15.5 Å². The Hall–Kier alpha value is -1.18. The molecule has 142 valence electrons. The van der Waals surface area contributed by atoms with Gasteiger partial charge in [-0.25, -0.2) is 4.98 Å². The minimum Gasteiger partial charge on any atom is -0.356 e. The smallest absolute Gasteiger partial charge is 0.191 e. The molecule has 0 bridgehead atoms. The minimum atomic E-state index is 0.516. The molecule has 0 amide bonds. The fourth-order valence-corrected chi connectivity index (χ4v) is 3.98. The van der Waals surface area contributed by atoms with E-state index in [0.29, 0.717) is 6.04 Å². The zero-order chi connectivity index (χ0) is 18.2. The number of thiazole rings is 1. The zero-order valence-electron chi connectivity index (χ0n) is 16.4. The van der Waals surface area contributed by atoms with Crippen molar-refractivity contribution in [3.05, 3.63) is 15.6 Å². The first-order valence-electron chi connectivity index (χ1n) is 9.37. The molecule has 7 heteroatoms. The highest BCUT2D eigenvalue weighted by Crippen LogP contribution is 2.16. The van der Waals surface area contributed by atoms with E-state index in [0.717, 1.165) is 50.8 Å². The second-order valence-corrected chi connectivity index (χ2v) is 7.99. The van der Waals surface area contributed by atoms with E-state index < -0.39 is 0 Å². The SMILES string of the molecule is CCN1CCN(C(C)CNC(=NC)NCCc2nc(C)c(C)s2)CC1. The third-order valence-corrected chi connectivity index (χ3v) is 6.10. The number of rotatable bonds is 7. The van der Waals surface area contributed by atoms with Crippen LogP contribution in [0.5, 0.6) is 0 Å². The third-order valence-electron chi connectivity index (χ3n) is 4.97. The summed E-state index contributed by atoms with van der Waals surface area (Å²) < 4.78 is 0. The van der Waals surface area contributed by atoms with Gasteiger partial charge in [0, 0.05) is 63.7 Å². The van der Waals surface area contributed by atoms with Crippen molar-refractivity contribution in [1.29, 1.82) is 0 Å². The molecule has 1 atom stereocenters. The molecule has 0 saturated carbocycles. The number of aryl methyl sites for hydroxylation is 2. The summed E-state index contributed by atoms with van der Waals surface area (Å²) in [5, 5.41) is 8.06. The number of nitrogens with one attached hydrogen (secondary N) is 2. The van der Waals surface area contributed by atoms with Crippen molar-refractivity contribution in [1.82, 2.24) is 25.4 Å². The normalized spacial score (nSPS) is 18.4. The number of nitrogens with zero attached hydrogens (tertiary/aromatic N) is 4. The van der Waals surface area contributed by atoms with Gasteiger partial charge in [0.2, 0.25) is 0 Å². The number of aromatic nitrogens is 1. The van der Waals surface area contributed by atoms with Crippen molar-refractivity contribution >= 4 is 17.3 Å². The molecule has 1 aliphatic rings. The molecule has 2 N–H and O–H groups in total. The van der Waals surface area contributed by atoms with Gasteiger partial charge in [-0.15, -0.1) is 11.3 Å². The molecule has 0 aromatic carbocycles. The first-order chi connectivity index (χ1) is 12.0. The summed E-state index contributed by atoms with van der Waals surface area (Å²) in [5.41, 5.74) is 1.15. The summed E-state index contributed by atoms with van der Waals surface area (Å²) >= 11 is 1.79. The van der Waals surface area contributed by atoms with E-state index in [-0.39, 0.29) is 0 Å². The van der Waals surface area contributed by atoms with Crippen molar-refractivity contribution in [2.45, 2.75) is 40.2 Å². The second kappa shape index (κ2) is 10.1. The van der Waals surface area contributed by atoms with Crippen LogP contribution in [-0.2, 0) is 6.42 Å². The zero-order valence-corrected chi connectivity index (χ0v) is 17.2. The summed E-state index contributed by atoms with van der Waals surface area (Å²) in [6, 6.07) is 0.516. The predicted molar refractivity (Wildman–Crippen MR) is 108 cm³/mol. The first-order valence-corrected chi connectivity index (χ1v) is 10.2. The van der Waals surface area contributed by atoms with E-state index >= 15 is 0 Å². The Morgan fingerprint density at radius 1 is 1.24 bits per heavy atom. The Bertz CT molecular complexity index is 528. The van der Waals surface area contributed by atoms with Crippen LogP contribution >= 0.6 is 11.3 Å². The number of likely N-dealkylation sites (N-methyl/N-ethyl adjacent to an activating group) is 1. The van der Waals surface area contributed by atoms with Gasteiger partial charge in [-0.1, -0.05) is 6.92 Å². The van der Waals surface area contributed by atoms with E-state index in [4.69, 9.17) is 0 Å². The lowest BCUT2D eigenvalue weighted by Crippen LogP contribution is -2.53. The monoisotopic (exact) mass is 366 g/mol. The molecule has 6 nitrogen and oxygen atoms in total. The van der Waals surface area contributed by atoms with E-state index in [1.807, 2.05) is 7.05 Å². The number of hydrogen-bond donors (Lipinski definition) is 2. The molecule has 1 aromatic rings. The quantitative estimate of drug-likeness (QED) is 0.566. The number of aliphatic imine (C=N–C) groups is 1. The van der Waals surface area contributed by atoms with Gasteiger partial charge in [-0.2, -0.15) is 0 Å². The average Bonchev–Trinajstić information content (AvgIpc) is 2.95. The van der Waals surface area contributed by atoms with Gasteiger partial charge in [0.1, 0.15) is 0 Å². The van der Waals surface area contributed by atoms with Crippen LogP contribution in [0.2, 0.25) is 0 Å². The fraction of sp³-hybridized carbons (Fsp3) is 0.778. The van der Waals surface area contributed by atoms with Crippen molar-refractivity contribution in [2.24, 2.45) is 4.99 Å². The molecule has 0 aliphatic carbocycles. The molecule has 2 rings (SSSR count). The van der Waals surface area contributed by atoms with E-state index in [1.165, 1.54) is 23.0 Å². The van der Waals surface area contributed by atoms with Gasteiger partial charge in [0.25, 0.3) is 0 Å². The van der Waals surface area contributed by atoms with Crippen molar-refractivity contribution < 1.29 is 0 Å². The van der Waals surface area contributed by atoms with Gasteiger partial charge in [0.05, 0.1) is 10.7 Å². The van der Waals surface area contributed by atoms with Gasteiger partial charge >= 0.3 is 0 Å². The second-order valence-electron chi connectivity index (χ2n) is 6.70. The summed E-state index contributed by atoms with van der Waals surface area (Å²) in [7, 11) is 1.83. The molecule has 1 fully saturated rings. The van der Waals surface area contributed by atoms with Gasteiger partial charge in [-0.3, -0.25) is 9.89 Å². The highest BCUT2D eigenvalue weighted by atomic mass is 32.1. The van der Waals surface area contributed by atoms with Crippen molar-refractivity contribution in [2.75, 3.05) is 52.9 Å². The summed E-state index contributed by atoms with van der Waals surface area (Å²) in [5.74, 6) is 0.879. The van der Waals surface area contributed by atoms with Crippen LogP contribution in [0.3, 0.4) is 0 Å². The topological polar surface area (TPSA) is 55.8 Å². The molecule has 1 saturated heterocycles. The predicted octanol–water partition coefficient (Wildman–Crippen LogP) is 1.49. The lowest BCUT2D eigenvalue weighted by Gasteiger charge is -2.37. The van der Waals surface area contributed by atoms with Crippen LogP contribution < -0.4 is 10.6 Å². The van der Waals surface area contributed by atoms with E-state index in [1.54, 1.807) is 11.3 Å². The molecule has 25 heavy (non-hydrogen) atoms. The Morgan fingerprint density at radius 3 is 2.52 bits per heavy atom. The minimum absolute atomic E-state index is 0.516. The Kier molecular flexibility index (Phi) is 8.12. The summed E-state index contributed by atoms with van der Waals surface area (Å²) in [4.78, 5) is 15.3. The maximum atomic E-state index is 4.59. The molecule has 0 radical (unpaired) electrons. The highest BCUT2D eigenvalue weighted by molar-refractivity contribution is 7.11. The van der Waals surface area contributed by atoms with Crippen LogP contribution in [0, 0.1) is 13.8 Å². The molecule has 0 spiro atoms. The Balaban J connectivity index is 1.67. The fourth-order valence-electron chi connectivity index (χ4n) is 3.05. The van der Waals surface area contributed by atoms with Gasteiger partial charge in [-0.05, 0) is 27.3 Å². The lowest BCUT2D eigenvalue weighted by atomic mass is 10.2. The third kappa shape index (κ3) is 6.24. The van der Waals surface area contributed by atoms with Gasteiger partial charge in [0.15, 0.2) is 5.96 Å². The molecule has 1 aromatic heterocycles. The van der Waals surface area contributed by atoms with Crippen LogP contribution in [-0.4, -0.2) is 79.6 Å². The number of hydrogen-bond acceptors (Lipinski definition) is 5. The molecular formula is C18H34N6S. The lowest BCUT2D eigenvalue weighted by molar-refractivity contribution is 0.107. The Labute approximate surface area is 156 Å². The van der Waals surface area contributed by atoms with E-state index in [2.05, 4.69) is 58.1 Å². The molecule has 2 heterocycles. The van der Waals surface area contributed by atoms with Crippen molar-refractivity contribution in [3.63, 3.8) is 0 Å². The van der Waals surface area contributed by atoms with Crippen LogP contribution in [0.25, 0.3) is 0 Å². The van der Waals surface area contributed by atoms with E-state index in [9.17, 15) is 0 Å². The Morgan fingerprint density at radius 2 is 1.96 bits per heavy atom. The summed E-state index contributed by atoms with van der Waals surface area (Å²) in [6.45, 7) is 16.4. The maximum Gasteiger partial charge on any atom is 0.191 e. The first kappa shape index (κ1) is 20.1. The molecular weight excluding hydrogens is 332 g/mol. The number of piperazine rings is 1. The standard InChI is InChI=1S/C18H34N6S/c1-6-23-9-11-24(12-10-23)14(2)13-21-18(19-5)20-8-7-17-22-15(3)16(4)25-17/h14H,6-13H2,1-5H3,(H2,19,20,21). The molecule has 1 aliphatic heterocycles. The summed E-state index contributed by atoms with van der Waals surface area (Å²) in [6.07, 6.45) is 0.939. The van der Waals surface area contributed by atoms with Crippen LogP contribution in [0.15, 0.2) is 4.99 Å². The van der Waals surface area contributed by atoms with Crippen molar-refractivity contribution in [3.8, 4) is 0 Å². The average molecular weight is 367 g/mol. The highest BCUT2D eigenvalue weighted by Gasteiger charge is 2.20. The largest absolute Gasteiger partial charge is 0.356 e. The number of guanidine groups is 1. The van der Waals surface area contributed by atoms with Crippen LogP contribution in [0.1, 0.15) is 29.4 Å². The molecule has 1 unspecified atom stereocenters. The maximum absolute atomic E-state index is 4.59. The van der Waals surface area contributed by atoms with Crippen LogP contribution in [0.4, 0.5) is 0 Å².